The number of carbonyl (C=O) groups is 1. The molecule has 1 fully saturated rings. The highest BCUT2D eigenvalue weighted by Gasteiger charge is 2.31. The molecule has 1 amide bonds. The van der Waals surface area contributed by atoms with Crippen molar-refractivity contribution in [2.75, 3.05) is 13.1 Å². The summed E-state index contributed by atoms with van der Waals surface area (Å²) in [7, 11) is 0. The van der Waals surface area contributed by atoms with E-state index in [1.807, 2.05) is 37.8 Å². The topological polar surface area (TPSA) is 41.6 Å². The van der Waals surface area contributed by atoms with Crippen molar-refractivity contribution in [1.82, 2.24) is 10.2 Å². The first-order valence-electron chi connectivity index (χ1n) is 7.80. The van der Waals surface area contributed by atoms with Crippen LogP contribution in [0.1, 0.15) is 39.2 Å². The average molecular weight is 369 g/mol. The molecule has 1 aliphatic heterocycles. The molecule has 0 aliphatic carbocycles. The number of hydrogen-bond acceptors (Lipinski definition) is 3. The highest BCUT2D eigenvalue weighted by atomic mass is 79.9. The number of ether oxygens (including phenoxy) is 1. The van der Waals surface area contributed by atoms with Crippen molar-refractivity contribution in [3.8, 4) is 0 Å². The van der Waals surface area contributed by atoms with Crippen LogP contribution in [0.5, 0.6) is 0 Å². The summed E-state index contributed by atoms with van der Waals surface area (Å²) in [6, 6.07) is 8.50. The van der Waals surface area contributed by atoms with Crippen molar-refractivity contribution in [2.45, 2.75) is 51.8 Å². The van der Waals surface area contributed by atoms with Gasteiger partial charge in [0.1, 0.15) is 5.60 Å². The summed E-state index contributed by atoms with van der Waals surface area (Å²) in [5.74, 6) is 0. The number of nitrogens with zero attached hydrogens (tertiary/aromatic N) is 1. The van der Waals surface area contributed by atoms with Gasteiger partial charge in [0.15, 0.2) is 0 Å². The van der Waals surface area contributed by atoms with Crippen LogP contribution >= 0.6 is 15.9 Å². The predicted octanol–water partition coefficient (Wildman–Crippen LogP) is 3.94. The average Bonchev–Trinajstić information content (AvgIpc) is 2.88. The number of nitrogens with one attached hydrogen (secondary N) is 1. The van der Waals surface area contributed by atoms with Gasteiger partial charge in [0.05, 0.1) is 0 Å². The Morgan fingerprint density at radius 2 is 2.05 bits per heavy atom. The Balaban J connectivity index is 1.81. The van der Waals surface area contributed by atoms with Gasteiger partial charge in [0, 0.05) is 30.1 Å². The Kier molecular flexibility index (Phi) is 5.87. The molecule has 1 aromatic carbocycles. The summed E-state index contributed by atoms with van der Waals surface area (Å²) >= 11 is 3.44. The van der Waals surface area contributed by atoms with Gasteiger partial charge in [-0.1, -0.05) is 28.1 Å². The van der Waals surface area contributed by atoms with E-state index < -0.39 is 5.60 Å². The fourth-order valence-electron chi connectivity index (χ4n) is 2.59. The van der Waals surface area contributed by atoms with Crippen LogP contribution in [0.4, 0.5) is 4.79 Å². The molecule has 0 spiro atoms. The molecule has 1 N–H and O–H groups in total. The molecule has 1 aromatic rings. The maximum absolute atomic E-state index is 12.2. The van der Waals surface area contributed by atoms with Crippen LogP contribution in [0, 0.1) is 0 Å². The number of likely N-dealkylation sites (tertiary alicyclic amines) is 1. The summed E-state index contributed by atoms with van der Waals surface area (Å²) in [5, 5.41) is 3.45. The second kappa shape index (κ2) is 7.47. The molecule has 5 heteroatoms. The Morgan fingerprint density at radius 3 is 2.68 bits per heavy atom. The maximum atomic E-state index is 12.2. The third kappa shape index (κ3) is 5.29. The van der Waals surface area contributed by atoms with Gasteiger partial charge < -0.3 is 15.0 Å². The lowest BCUT2D eigenvalue weighted by Crippen LogP contribution is -2.44. The molecular weight excluding hydrogens is 344 g/mol. The number of amides is 1. The molecule has 0 aromatic heterocycles. The maximum Gasteiger partial charge on any atom is 0.410 e. The van der Waals surface area contributed by atoms with Crippen LogP contribution in [0.15, 0.2) is 28.7 Å². The minimum atomic E-state index is -0.435. The van der Waals surface area contributed by atoms with E-state index in [0.29, 0.717) is 0 Å². The van der Waals surface area contributed by atoms with Gasteiger partial charge in [-0.05, 0) is 51.3 Å². The SMILES string of the molecule is CC(C)(C)OC(=O)N1CCCC1CNCc1ccc(Br)cc1. The van der Waals surface area contributed by atoms with Crippen molar-refractivity contribution in [2.24, 2.45) is 0 Å². The van der Waals surface area contributed by atoms with E-state index in [9.17, 15) is 4.79 Å². The minimum absolute atomic E-state index is 0.194. The summed E-state index contributed by atoms with van der Waals surface area (Å²) in [5.41, 5.74) is 0.805. The monoisotopic (exact) mass is 368 g/mol. The van der Waals surface area contributed by atoms with Crippen molar-refractivity contribution >= 4 is 22.0 Å². The van der Waals surface area contributed by atoms with Gasteiger partial charge in [0.25, 0.3) is 0 Å². The Morgan fingerprint density at radius 1 is 1.36 bits per heavy atom. The molecule has 22 heavy (non-hydrogen) atoms. The van der Waals surface area contributed by atoms with E-state index >= 15 is 0 Å². The molecule has 1 unspecified atom stereocenters. The zero-order valence-corrected chi connectivity index (χ0v) is 15.1. The van der Waals surface area contributed by atoms with E-state index in [0.717, 1.165) is 36.9 Å². The van der Waals surface area contributed by atoms with Gasteiger partial charge in [0.2, 0.25) is 0 Å². The third-order valence-corrected chi connectivity index (χ3v) is 4.16. The molecule has 1 heterocycles. The van der Waals surface area contributed by atoms with Crippen molar-refractivity contribution < 1.29 is 9.53 Å². The van der Waals surface area contributed by atoms with Crippen LogP contribution in [-0.4, -0.2) is 35.7 Å². The van der Waals surface area contributed by atoms with Gasteiger partial charge in [-0.3, -0.25) is 0 Å². The number of carbonyl (C=O) groups excluding carboxylic acids is 1. The molecule has 4 nitrogen and oxygen atoms in total. The lowest BCUT2D eigenvalue weighted by molar-refractivity contribution is 0.0226. The van der Waals surface area contributed by atoms with Gasteiger partial charge in [-0.15, -0.1) is 0 Å². The Labute approximate surface area is 141 Å². The number of hydrogen-bond donors (Lipinski definition) is 1. The first kappa shape index (κ1) is 17.3. The summed E-state index contributed by atoms with van der Waals surface area (Å²) in [6.07, 6.45) is 1.89. The first-order chi connectivity index (χ1) is 10.3. The van der Waals surface area contributed by atoms with E-state index in [2.05, 4.69) is 33.4 Å². The fraction of sp³-hybridized carbons (Fsp3) is 0.588. The lowest BCUT2D eigenvalue weighted by atomic mass is 10.2. The van der Waals surface area contributed by atoms with Crippen LogP contribution in [0.2, 0.25) is 0 Å². The van der Waals surface area contributed by atoms with Crippen LogP contribution in [0.25, 0.3) is 0 Å². The molecule has 0 saturated carbocycles. The second-order valence-electron chi connectivity index (χ2n) is 6.73. The van der Waals surface area contributed by atoms with E-state index in [1.165, 1.54) is 5.56 Å². The predicted molar refractivity (Wildman–Crippen MR) is 91.8 cm³/mol. The summed E-state index contributed by atoms with van der Waals surface area (Å²) in [6.45, 7) is 8.12. The summed E-state index contributed by atoms with van der Waals surface area (Å²) < 4.78 is 6.57. The van der Waals surface area contributed by atoms with Crippen LogP contribution < -0.4 is 5.32 Å². The number of benzene rings is 1. The molecule has 1 atom stereocenters. The summed E-state index contributed by atoms with van der Waals surface area (Å²) in [4.78, 5) is 14.1. The lowest BCUT2D eigenvalue weighted by Gasteiger charge is -2.28. The molecule has 0 radical (unpaired) electrons. The highest BCUT2D eigenvalue weighted by molar-refractivity contribution is 9.10. The van der Waals surface area contributed by atoms with Gasteiger partial charge in [-0.2, -0.15) is 0 Å². The van der Waals surface area contributed by atoms with E-state index in [-0.39, 0.29) is 12.1 Å². The quantitative estimate of drug-likeness (QED) is 0.874. The molecule has 1 saturated heterocycles. The zero-order chi connectivity index (χ0) is 16.2. The van der Waals surface area contributed by atoms with E-state index in [4.69, 9.17) is 4.74 Å². The van der Waals surface area contributed by atoms with Gasteiger partial charge in [-0.25, -0.2) is 4.79 Å². The normalized spacial score (nSPS) is 18.5. The van der Waals surface area contributed by atoms with Gasteiger partial charge >= 0.3 is 6.09 Å². The van der Waals surface area contributed by atoms with E-state index in [1.54, 1.807) is 0 Å². The highest BCUT2D eigenvalue weighted by Crippen LogP contribution is 2.20. The largest absolute Gasteiger partial charge is 0.444 e. The molecule has 122 valence electrons. The number of halogens is 1. The van der Waals surface area contributed by atoms with Crippen molar-refractivity contribution in [3.05, 3.63) is 34.3 Å². The fourth-order valence-corrected chi connectivity index (χ4v) is 2.86. The number of rotatable bonds is 4. The Bertz CT molecular complexity index is 496. The minimum Gasteiger partial charge on any atom is -0.444 e. The Hall–Kier alpha value is -1.07. The first-order valence-corrected chi connectivity index (χ1v) is 8.59. The molecule has 2 rings (SSSR count). The van der Waals surface area contributed by atoms with Crippen molar-refractivity contribution in [1.29, 1.82) is 0 Å². The van der Waals surface area contributed by atoms with Crippen LogP contribution in [0.3, 0.4) is 0 Å². The molecule has 1 aliphatic rings. The smallest absolute Gasteiger partial charge is 0.410 e. The standard InChI is InChI=1S/C17H25BrN2O2/c1-17(2,3)22-16(21)20-10-4-5-15(20)12-19-11-13-6-8-14(18)9-7-13/h6-9,15,19H,4-5,10-12H2,1-3H3. The van der Waals surface area contributed by atoms with Crippen LogP contribution in [-0.2, 0) is 11.3 Å². The third-order valence-electron chi connectivity index (χ3n) is 3.63. The van der Waals surface area contributed by atoms with Crippen molar-refractivity contribution in [3.63, 3.8) is 0 Å². The molecular formula is C17H25BrN2O2. The second-order valence-corrected chi connectivity index (χ2v) is 7.64. The molecule has 0 bridgehead atoms. The zero-order valence-electron chi connectivity index (χ0n) is 13.6.